The molecule has 5 nitrogen and oxygen atoms in total. The minimum Gasteiger partial charge on any atom is -0.269 e. The summed E-state index contributed by atoms with van der Waals surface area (Å²) in [5, 5.41) is 1.72. The lowest BCUT2D eigenvalue weighted by Crippen LogP contribution is -2.31. The zero-order valence-corrected chi connectivity index (χ0v) is 9.54. The summed E-state index contributed by atoms with van der Waals surface area (Å²) in [4.78, 5) is 34.3. The Bertz CT molecular complexity index is 595. The van der Waals surface area contributed by atoms with Gasteiger partial charge in [0.15, 0.2) is 0 Å². The van der Waals surface area contributed by atoms with E-state index in [0.717, 1.165) is 12.1 Å². The molecule has 100 valence electrons. The van der Waals surface area contributed by atoms with E-state index < -0.39 is 29.6 Å². The highest BCUT2D eigenvalue weighted by atomic mass is 19.4. The average molecular weight is 272 g/mol. The summed E-state index contributed by atoms with van der Waals surface area (Å²) in [6, 6.07) is 1.56. The Morgan fingerprint density at radius 2 is 1.79 bits per heavy atom. The number of alkyl halides is 3. The van der Waals surface area contributed by atoms with Gasteiger partial charge >= 0.3 is 24.0 Å². The largest absolute Gasteiger partial charge is 0.416 e. The minimum atomic E-state index is -4.61. The molecule has 0 aliphatic carbocycles. The van der Waals surface area contributed by atoms with Gasteiger partial charge in [0.05, 0.1) is 11.3 Å². The van der Waals surface area contributed by atoms with Crippen LogP contribution in [-0.2, 0) is 15.8 Å². The van der Waals surface area contributed by atoms with Crippen molar-refractivity contribution in [2.45, 2.75) is 13.1 Å². The lowest BCUT2D eigenvalue weighted by atomic mass is 10.1. The maximum absolute atomic E-state index is 12.6. The lowest BCUT2D eigenvalue weighted by molar-refractivity contribution is -0.137. The Kier molecular flexibility index (Phi) is 2.80. The van der Waals surface area contributed by atoms with E-state index in [2.05, 4.69) is 0 Å². The summed E-state index contributed by atoms with van der Waals surface area (Å²) in [5.74, 6) is -2.37. The standard InChI is InChI=1S/C11H7F3N2O3/c1-5-2-3-6(11(12,13)14)4-7(5)16-9(18)8(17)15-10(16)19/h2-4H,1H3,(H,15,17,19). The predicted octanol–water partition coefficient (Wildman–Crippen LogP) is 1.60. The number of hydrogen-bond acceptors (Lipinski definition) is 3. The summed E-state index contributed by atoms with van der Waals surface area (Å²) in [6.07, 6.45) is -4.61. The second-order valence-corrected chi connectivity index (χ2v) is 3.90. The van der Waals surface area contributed by atoms with Gasteiger partial charge < -0.3 is 0 Å². The Labute approximate surface area is 105 Å². The number of anilines is 1. The van der Waals surface area contributed by atoms with Crippen LogP contribution in [-0.4, -0.2) is 17.8 Å². The van der Waals surface area contributed by atoms with Gasteiger partial charge in [-0.1, -0.05) is 6.07 Å². The molecule has 0 saturated carbocycles. The highest BCUT2D eigenvalue weighted by Gasteiger charge is 2.40. The van der Waals surface area contributed by atoms with E-state index in [1.165, 1.54) is 6.92 Å². The molecule has 1 saturated heterocycles. The molecule has 8 heteroatoms. The first-order valence-electron chi connectivity index (χ1n) is 5.09. The fourth-order valence-corrected chi connectivity index (χ4v) is 1.65. The second-order valence-electron chi connectivity index (χ2n) is 3.90. The van der Waals surface area contributed by atoms with Crippen LogP contribution in [0.5, 0.6) is 0 Å². The molecule has 1 aliphatic heterocycles. The Balaban J connectivity index is 2.54. The second kappa shape index (κ2) is 4.08. The monoisotopic (exact) mass is 272 g/mol. The minimum absolute atomic E-state index is 0.261. The van der Waals surface area contributed by atoms with Gasteiger partial charge in [-0.15, -0.1) is 0 Å². The maximum atomic E-state index is 12.6. The third kappa shape index (κ3) is 2.16. The summed E-state index contributed by atoms with van der Waals surface area (Å²) >= 11 is 0. The number of nitrogens with one attached hydrogen (secondary N) is 1. The number of imide groups is 2. The smallest absolute Gasteiger partial charge is 0.269 e. The lowest BCUT2D eigenvalue weighted by Gasteiger charge is -2.16. The summed E-state index contributed by atoms with van der Waals surface area (Å²) < 4.78 is 37.8. The third-order valence-electron chi connectivity index (χ3n) is 2.60. The predicted molar refractivity (Wildman–Crippen MR) is 57.2 cm³/mol. The number of benzene rings is 1. The third-order valence-corrected chi connectivity index (χ3v) is 2.60. The number of amides is 4. The van der Waals surface area contributed by atoms with Crippen molar-refractivity contribution in [3.8, 4) is 0 Å². The molecule has 4 amide bonds. The van der Waals surface area contributed by atoms with Gasteiger partial charge in [0.2, 0.25) is 0 Å². The molecule has 0 spiro atoms. The summed E-state index contributed by atoms with van der Waals surface area (Å²) in [6.45, 7) is 1.43. The first-order valence-corrected chi connectivity index (χ1v) is 5.09. The van der Waals surface area contributed by atoms with E-state index in [9.17, 15) is 27.6 Å². The highest BCUT2D eigenvalue weighted by molar-refractivity contribution is 6.53. The van der Waals surface area contributed by atoms with Crippen molar-refractivity contribution in [2.75, 3.05) is 4.90 Å². The molecule has 1 heterocycles. The summed E-state index contributed by atoms with van der Waals surface area (Å²) in [7, 11) is 0. The van der Waals surface area contributed by atoms with Gasteiger partial charge in [0.25, 0.3) is 0 Å². The topological polar surface area (TPSA) is 66.5 Å². The number of urea groups is 1. The highest BCUT2D eigenvalue weighted by Crippen LogP contribution is 2.33. The van der Waals surface area contributed by atoms with Gasteiger partial charge in [-0.05, 0) is 24.6 Å². The van der Waals surface area contributed by atoms with Gasteiger partial charge in [0.1, 0.15) is 0 Å². The van der Waals surface area contributed by atoms with E-state index in [4.69, 9.17) is 0 Å². The SMILES string of the molecule is Cc1ccc(C(F)(F)F)cc1N1C(=O)NC(=O)C1=O. The fraction of sp³-hybridized carbons (Fsp3) is 0.182. The molecule has 2 rings (SSSR count). The molecule has 1 N–H and O–H groups in total. The molecule has 0 bridgehead atoms. The molecule has 1 aliphatic rings. The number of carbonyl (C=O) groups excluding carboxylic acids is 3. The van der Waals surface area contributed by atoms with E-state index in [1.807, 2.05) is 0 Å². The van der Waals surface area contributed by atoms with Gasteiger partial charge in [-0.2, -0.15) is 13.2 Å². The van der Waals surface area contributed by atoms with Crippen LogP contribution < -0.4 is 10.2 Å². The molecule has 1 fully saturated rings. The average Bonchev–Trinajstić information content (AvgIpc) is 2.53. The van der Waals surface area contributed by atoms with Crippen LogP contribution in [0.4, 0.5) is 23.7 Å². The number of rotatable bonds is 1. The zero-order chi connectivity index (χ0) is 14.4. The number of halogens is 3. The van der Waals surface area contributed by atoms with Crippen LogP contribution in [0.1, 0.15) is 11.1 Å². The van der Waals surface area contributed by atoms with Crippen LogP contribution >= 0.6 is 0 Å². The molecule has 0 radical (unpaired) electrons. The van der Waals surface area contributed by atoms with Gasteiger partial charge in [0, 0.05) is 0 Å². The van der Waals surface area contributed by atoms with Gasteiger partial charge in [-0.25, -0.2) is 9.69 Å². The van der Waals surface area contributed by atoms with Crippen molar-refractivity contribution in [3.05, 3.63) is 29.3 Å². The molecule has 0 atom stereocenters. The fourth-order valence-electron chi connectivity index (χ4n) is 1.65. The van der Waals surface area contributed by atoms with Crippen molar-refractivity contribution in [1.29, 1.82) is 0 Å². The van der Waals surface area contributed by atoms with E-state index >= 15 is 0 Å². The van der Waals surface area contributed by atoms with E-state index in [0.29, 0.717) is 11.0 Å². The maximum Gasteiger partial charge on any atom is 0.416 e. The van der Waals surface area contributed by atoms with Crippen molar-refractivity contribution < 1.29 is 27.6 Å². The summed E-state index contributed by atoms with van der Waals surface area (Å²) in [5.41, 5.74) is -0.998. The first kappa shape index (κ1) is 13.1. The van der Waals surface area contributed by atoms with Crippen molar-refractivity contribution >= 4 is 23.5 Å². The van der Waals surface area contributed by atoms with Crippen LogP contribution in [0.25, 0.3) is 0 Å². The van der Waals surface area contributed by atoms with Crippen molar-refractivity contribution in [2.24, 2.45) is 0 Å². The van der Waals surface area contributed by atoms with E-state index in [1.54, 1.807) is 5.32 Å². The zero-order valence-electron chi connectivity index (χ0n) is 9.54. The molecule has 1 aromatic carbocycles. The molecular weight excluding hydrogens is 265 g/mol. The number of nitrogens with zero attached hydrogens (tertiary/aromatic N) is 1. The van der Waals surface area contributed by atoms with E-state index in [-0.39, 0.29) is 11.3 Å². The van der Waals surface area contributed by atoms with Crippen LogP contribution in [0.2, 0.25) is 0 Å². The van der Waals surface area contributed by atoms with Crippen molar-refractivity contribution in [1.82, 2.24) is 5.32 Å². The Morgan fingerprint density at radius 3 is 2.26 bits per heavy atom. The number of carbonyl (C=O) groups is 3. The number of hydrogen-bond donors (Lipinski definition) is 1. The number of aryl methyl sites for hydroxylation is 1. The first-order chi connectivity index (χ1) is 8.71. The Morgan fingerprint density at radius 1 is 1.16 bits per heavy atom. The quantitative estimate of drug-likeness (QED) is 0.623. The van der Waals surface area contributed by atoms with Crippen molar-refractivity contribution in [3.63, 3.8) is 0 Å². The Hall–Kier alpha value is -2.38. The van der Waals surface area contributed by atoms with Gasteiger partial charge in [-0.3, -0.25) is 14.9 Å². The normalized spacial score (nSPS) is 16.0. The van der Waals surface area contributed by atoms with Crippen LogP contribution in [0.3, 0.4) is 0 Å². The molecule has 0 aromatic heterocycles. The van der Waals surface area contributed by atoms with Crippen LogP contribution in [0.15, 0.2) is 18.2 Å². The molecule has 1 aromatic rings. The molecule has 0 unspecified atom stereocenters. The molecular formula is C11H7F3N2O3. The molecule has 19 heavy (non-hydrogen) atoms. The van der Waals surface area contributed by atoms with Crippen LogP contribution in [0, 0.1) is 6.92 Å².